The topological polar surface area (TPSA) is 65.8 Å². The number of furan rings is 1. The van der Waals surface area contributed by atoms with Gasteiger partial charge < -0.3 is 19.5 Å². The number of amides is 2. The van der Waals surface area contributed by atoms with Crippen LogP contribution in [0.5, 0.6) is 0 Å². The van der Waals surface area contributed by atoms with E-state index in [4.69, 9.17) is 4.42 Å². The van der Waals surface area contributed by atoms with Gasteiger partial charge in [0.1, 0.15) is 5.58 Å². The average molecular weight is 432 g/mol. The van der Waals surface area contributed by atoms with Gasteiger partial charge in [0, 0.05) is 42.7 Å². The third-order valence-electron chi connectivity index (χ3n) is 6.98. The minimum atomic E-state index is -0.153. The quantitative estimate of drug-likeness (QED) is 0.663. The normalized spacial score (nSPS) is 22.1. The molecule has 2 bridgehead atoms. The first-order chi connectivity index (χ1) is 15.5. The second-order valence-electron chi connectivity index (χ2n) is 8.95. The molecule has 1 atom stereocenters. The van der Waals surface area contributed by atoms with Crippen molar-refractivity contribution in [1.29, 1.82) is 0 Å². The molecule has 0 saturated carbocycles. The van der Waals surface area contributed by atoms with Crippen LogP contribution in [-0.4, -0.2) is 60.9 Å². The molecular weight excluding hydrogens is 402 g/mol. The number of carbonyl (C=O) groups excluding carboxylic acids is 2. The predicted octanol–water partition coefficient (Wildman–Crippen LogP) is 4.02. The molecule has 2 amide bonds. The molecule has 0 aliphatic carbocycles. The number of rotatable bonds is 5. The van der Waals surface area contributed by atoms with E-state index in [1.165, 1.54) is 0 Å². The summed E-state index contributed by atoms with van der Waals surface area (Å²) in [6, 6.07) is 15.4. The summed E-state index contributed by atoms with van der Waals surface area (Å²) in [6.45, 7) is 5.80. The summed E-state index contributed by atoms with van der Waals surface area (Å²) in [5.74, 6) is 0.727. The van der Waals surface area contributed by atoms with Crippen LogP contribution in [0.15, 0.2) is 52.9 Å². The number of hydrogen-bond acceptors (Lipinski definition) is 4. The van der Waals surface area contributed by atoms with Gasteiger partial charge >= 0.3 is 0 Å². The molecule has 3 aliphatic heterocycles. The van der Waals surface area contributed by atoms with Gasteiger partial charge in [-0.25, -0.2) is 0 Å². The second kappa shape index (κ2) is 8.43. The van der Waals surface area contributed by atoms with Gasteiger partial charge in [0.05, 0.1) is 0 Å². The Labute approximate surface area is 188 Å². The van der Waals surface area contributed by atoms with Gasteiger partial charge in [-0.3, -0.25) is 9.59 Å². The lowest BCUT2D eigenvalue weighted by molar-refractivity contribution is 0.0607. The maximum Gasteiger partial charge on any atom is 0.287 e. The summed E-state index contributed by atoms with van der Waals surface area (Å²) < 4.78 is 6.09. The van der Waals surface area contributed by atoms with Crippen LogP contribution in [0, 0.1) is 5.92 Å². The summed E-state index contributed by atoms with van der Waals surface area (Å²) in [5, 5.41) is 4.08. The SMILES string of the molecule is CCN(C)C(=O)c1cccc(-c2cccc3cc(C(=O)NC4CN5CCC4CC5)oc23)c1. The standard InChI is InChI=1S/C26H29N3O3/c1-3-28(2)26(31)20-8-4-6-18(14-20)21-9-5-7-19-15-23(32-24(19)21)25(30)27-22-16-29-12-10-17(22)11-13-29/h4-9,14-15,17,22H,3,10-13,16H2,1-2H3,(H,27,30). The Hall–Kier alpha value is -3.12. The Morgan fingerprint density at radius 2 is 1.91 bits per heavy atom. The van der Waals surface area contributed by atoms with Crippen molar-refractivity contribution < 1.29 is 14.0 Å². The molecule has 6 rings (SSSR count). The number of nitrogens with one attached hydrogen (secondary N) is 1. The van der Waals surface area contributed by atoms with E-state index in [-0.39, 0.29) is 17.9 Å². The molecule has 32 heavy (non-hydrogen) atoms. The molecule has 0 spiro atoms. The highest BCUT2D eigenvalue weighted by molar-refractivity contribution is 6.01. The molecule has 3 aliphatic rings. The number of carbonyl (C=O) groups is 2. The van der Waals surface area contributed by atoms with Gasteiger partial charge in [-0.05, 0) is 62.5 Å². The van der Waals surface area contributed by atoms with Gasteiger partial charge in [0.15, 0.2) is 5.76 Å². The molecule has 1 aromatic heterocycles. The minimum Gasteiger partial charge on any atom is -0.450 e. The highest BCUT2D eigenvalue weighted by atomic mass is 16.3. The molecule has 3 aromatic rings. The molecule has 6 heteroatoms. The van der Waals surface area contributed by atoms with Crippen LogP contribution in [0.25, 0.3) is 22.1 Å². The molecule has 0 radical (unpaired) electrons. The highest BCUT2D eigenvalue weighted by Gasteiger charge is 2.35. The summed E-state index contributed by atoms with van der Waals surface area (Å²) >= 11 is 0. The van der Waals surface area contributed by atoms with Crippen molar-refractivity contribution in [3.8, 4) is 11.1 Å². The van der Waals surface area contributed by atoms with E-state index >= 15 is 0 Å². The number of benzene rings is 2. The van der Waals surface area contributed by atoms with E-state index in [0.29, 0.717) is 29.4 Å². The Morgan fingerprint density at radius 1 is 1.12 bits per heavy atom. The maximum atomic E-state index is 13.0. The first-order valence-corrected chi connectivity index (χ1v) is 11.4. The first-order valence-electron chi connectivity index (χ1n) is 11.4. The fraction of sp³-hybridized carbons (Fsp3) is 0.385. The maximum absolute atomic E-state index is 13.0. The van der Waals surface area contributed by atoms with Crippen LogP contribution < -0.4 is 5.32 Å². The Morgan fingerprint density at radius 3 is 2.62 bits per heavy atom. The molecular formula is C26H29N3O3. The van der Waals surface area contributed by atoms with Crippen molar-refractivity contribution in [2.75, 3.05) is 33.2 Å². The third-order valence-corrected chi connectivity index (χ3v) is 6.98. The number of para-hydroxylation sites is 1. The molecule has 4 heterocycles. The van der Waals surface area contributed by atoms with E-state index in [2.05, 4.69) is 10.2 Å². The lowest BCUT2D eigenvalue weighted by Gasteiger charge is -2.44. The molecule has 2 aromatic carbocycles. The van der Waals surface area contributed by atoms with Gasteiger partial charge in [0.2, 0.25) is 0 Å². The highest BCUT2D eigenvalue weighted by Crippen LogP contribution is 2.32. The van der Waals surface area contributed by atoms with E-state index in [9.17, 15) is 9.59 Å². The van der Waals surface area contributed by atoms with E-state index in [1.807, 2.05) is 55.5 Å². The fourth-order valence-electron chi connectivity index (χ4n) is 4.95. The van der Waals surface area contributed by atoms with E-state index in [0.717, 1.165) is 49.0 Å². The average Bonchev–Trinajstić information content (AvgIpc) is 3.29. The van der Waals surface area contributed by atoms with Crippen LogP contribution in [0.4, 0.5) is 0 Å². The largest absolute Gasteiger partial charge is 0.450 e. The van der Waals surface area contributed by atoms with Crippen LogP contribution in [0.2, 0.25) is 0 Å². The van der Waals surface area contributed by atoms with Gasteiger partial charge in [-0.2, -0.15) is 0 Å². The monoisotopic (exact) mass is 431 g/mol. The molecule has 1 N–H and O–H groups in total. The summed E-state index contributed by atoms with van der Waals surface area (Å²) in [6.07, 6.45) is 2.30. The Kier molecular flexibility index (Phi) is 5.47. The van der Waals surface area contributed by atoms with Crippen LogP contribution in [0.3, 0.4) is 0 Å². The van der Waals surface area contributed by atoms with Crippen LogP contribution in [-0.2, 0) is 0 Å². The molecule has 166 valence electrons. The number of hydrogen-bond donors (Lipinski definition) is 1. The lowest BCUT2D eigenvalue weighted by Crippen LogP contribution is -2.57. The third kappa shape index (κ3) is 3.79. The van der Waals surface area contributed by atoms with E-state index in [1.54, 1.807) is 11.9 Å². The van der Waals surface area contributed by atoms with Crippen molar-refractivity contribution in [2.45, 2.75) is 25.8 Å². The zero-order valence-corrected chi connectivity index (χ0v) is 18.6. The fourth-order valence-corrected chi connectivity index (χ4v) is 4.95. The van der Waals surface area contributed by atoms with Crippen molar-refractivity contribution in [1.82, 2.24) is 15.1 Å². The number of nitrogens with zero attached hydrogens (tertiary/aromatic N) is 2. The minimum absolute atomic E-state index is 0.0152. The van der Waals surface area contributed by atoms with Crippen molar-refractivity contribution in [3.05, 3.63) is 59.9 Å². The van der Waals surface area contributed by atoms with Gasteiger partial charge in [0.25, 0.3) is 11.8 Å². The van der Waals surface area contributed by atoms with Crippen molar-refractivity contribution >= 4 is 22.8 Å². The van der Waals surface area contributed by atoms with Crippen LogP contribution >= 0.6 is 0 Å². The number of piperidine rings is 3. The van der Waals surface area contributed by atoms with Gasteiger partial charge in [-0.15, -0.1) is 0 Å². The van der Waals surface area contributed by atoms with E-state index < -0.39 is 0 Å². The predicted molar refractivity (Wildman–Crippen MR) is 125 cm³/mol. The Balaban J connectivity index is 1.43. The molecule has 6 nitrogen and oxygen atoms in total. The summed E-state index contributed by atoms with van der Waals surface area (Å²) in [4.78, 5) is 29.7. The van der Waals surface area contributed by atoms with Gasteiger partial charge in [-0.1, -0.05) is 30.3 Å². The summed E-state index contributed by atoms with van der Waals surface area (Å²) in [5.41, 5.74) is 3.07. The molecule has 3 fully saturated rings. The van der Waals surface area contributed by atoms with Crippen LogP contribution in [0.1, 0.15) is 40.7 Å². The zero-order chi connectivity index (χ0) is 22.2. The Bertz CT molecular complexity index is 1160. The second-order valence-corrected chi connectivity index (χ2v) is 8.95. The zero-order valence-electron chi connectivity index (χ0n) is 18.6. The van der Waals surface area contributed by atoms with Crippen molar-refractivity contribution in [3.63, 3.8) is 0 Å². The van der Waals surface area contributed by atoms with Crippen molar-refractivity contribution in [2.24, 2.45) is 5.92 Å². The smallest absolute Gasteiger partial charge is 0.287 e. The first kappa shape index (κ1) is 20.8. The number of fused-ring (bicyclic) bond motifs is 4. The molecule has 1 unspecified atom stereocenters. The molecule has 3 saturated heterocycles. The summed E-state index contributed by atoms with van der Waals surface area (Å²) in [7, 11) is 1.79. The lowest BCUT2D eigenvalue weighted by atomic mass is 9.84.